The molecule has 0 radical (unpaired) electrons. The first-order chi connectivity index (χ1) is 10.1. The van der Waals surface area contributed by atoms with Gasteiger partial charge in [0, 0.05) is 10.9 Å². The fourth-order valence-electron chi connectivity index (χ4n) is 1.83. The first-order valence-electron chi connectivity index (χ1n) is 6.15. The Kier molecular flexibility index (Phi) is 3.73. The SMILES string of the molecule is CCc1cc2c(Oc3cc(F)ccc3F)nc(Cl)nc2s1. The van der Waals surface area contributed by atoms with Gasteiger partial charge in [0.15, 0.2) is 11.6 Å². The summed E-state index contributed by atoms with van der Waals surface area (Å²) in [5.41, 5.74) is 0. The van der Waals surface area contributed by atoms with E-state index in [4.69, 9.17) is 16.3 Å². The summed E-state index contributed by atoms with van der Waals surface area (Å²) < 4.78 is 32.3. The second-order valence-corrected chi connectivity index (χ2v) is 5.71. The summed E-state index contributed by atoms with van der Waals surface area (Å²) in [6.45, 7) is 2.01. The highest BCUT2D eigenvalue weighted by Crippen LogP contribution is 2.34. The molecule has 21 heavy (non-hydrogen) atoms. The number of ether oxygens (including phenoxy) is 1. The molecule has 108 valence electrons. The topological polar surface area (TPSA) is 35.0 Å². The van der Waals surface area contributed by atoms with Gasteiger partial charge >= 0.3 is 0 Å². The zero-order valence-electron chi connectivity index (χ0n) is 10.9. The van der Waals surface area contributed by atoms with Crippen molar-refractivity contribution in [3.8, 4) is 11.6 Å². The van der Waals surface area contributed by atoms with Gasteiger partial charge in [0.2, 0.25) is 11.2 Å². The third kappa shape index (κ3) is 2.82. The number of aromatic nitrogens is 2. The maximum Gasteiger partial charge on any atom is 0.232 e. The van der Waals surface area contributed by atoms with E-state index in [0.29, 0.717) is 10.2 Å². The highest BCUT2D eigenvalue weighted by atomic mass is 35.5. The molecule has 0 atom stereocenters. The molecule has 2 aromatic heterocycles. The summed E-state index contributed by atoms with van der Waals surface area (Å²) in [6, 6.07) is 4.84. The van der Waals surface area contributed by atoms with Crippen molar-refractivity contribution in [1.29, 1.82) is 0 Å². The lowest BCUT2D eigenvalue weighted by Crippen LogP contribution is -1.94. The van der Waals surface area contributed by atoms with E-state index in [0.717, 1.165) is 29.5 Å². The molecule has 0 aliphatic rings. The van der Waals surface area contributed by atoms with Gasteiger partial charge < -0.3 is 4.74 Å². The second-order valence-electron chi connectivity index (χ2n) is 4.26. The van der Waals surface area contributed by atoms with E-state index in [1.54, 1.807) is 0 Å². The van der Waals surface area contributed by atoms with Crippen LogP contribution in [0.3, 0.4) is 0 Å². The Morgan fingerprint density at radius 2 is 2.05 bits per heavy atom. The molecule has 3 aromatic rings. The average Bonchev–Trinajstić information content (AvgIpc) is 2.86. The predicted octanol–water partition coefficient (Wildman–Crippen LogP) is 4.98. The zero-order valence-corrected chi connectivity index (χ0v) is 12.4. The second kappa shape index (κ2) is 5.54. The molecular formula is C14H9ClF2N2OS. The number of hydrogen-bond acceptors (Lipinski definition) is 4. The molecule has 0 fully saturated rings. The van der Waals surface area contributed by atoms with Crippen LogP contribution in [0.25, 0.3) is 10.2 Å². The van der Waals surface area contributed by atoms with Gasteiger partial charge in [-0.05, 0) is 36.2 Å². The lowest BCUT2D eigenvalue weighted by Gasteiger charge is -2.07. The van der Waals surface area contributed by atoms with Crippen LogP contribution in [-0.2, 0) is 6.42 Å². The number of benzene rings is 1. The standard InChI is InChI=1S/C14H9ClF2N2OS/c1-2-8-6-9-12(18-14(15)19-13(9)21-8)20-11-5-7(16)3-4-10(11)17/h3-6H,2H2,1H3. The van der Waals surface area contributed by atoms with Crippen molar-refractivity contribution in [2.45, 2.75) is 13.3 Å². The van der Waals surface area contributed by atoms with E-state index in [9.17, 15) is 8.78 Å². The van der Waals surface area contributed by atoms with Gasteiger partial charge in [-0.1, -0.05) is 6.92 Å². The number of fused-ring (bicyclic) bond motifs is 1. The fourth-order valence-corrected chi connectivity index (χ4v) is 3.00. The first-order valence-corrected chi connectivity index (χ1v) is 7.35. The van der Waals surface area contributed by atoms with E-state index in [2.05, 4.69) is 9.97 Å². The van der Waals surface area contributed by atoms with E-state index in [-0.39, 0.29) is 16.9 Å². The summed E-state index contributed by atoms with van der Waals surface area (Å²) in [5.74, 6) is -1.40. The molecule has 0 unspecified atom stereocenters. The molecule has 2 heterocycles. The summed E-state index contributed by atoms with van der Waals surface area (Å²) in [7, 11) is 0. The lowest BCUT2D eigenvalue weighted by atomic mass is 10.3. The number of aryl methyl sites for hydroxylation is 1. The molecule has 7 heteroatoms. The maximum atomic E-state index is 13.7. The number of hydrogen-bond donors (Lipinski definition) is 0. The molecule has 0 saturated carbocycles. The summed E-state index contributed by atoms with van der Waals surface area (Å²) >= 11 is 7.31. The summed E-state index contributed by atoms with van der Waals surface area (Å²) in [5, 5.41) is 0.628. The van der Waals surface area contributed by atoms with E-state index < -0.39 is 11.6 Å². The monoisotopic (exact) mass is 326 g/mol. The van der Waals surface area contributed by atoms with Crippen LogP contribution in [-0.4, -0.2) is 9.97 Å². The molecule has 1 aromatic carbocycles. The third-order valence-electron chi connectivity index (χ3n) is 2.83. The number of rotatable bonds is 3. The molecule has 0 N–H and O–H groups in total. The highest BCUT2D eigenvalue weighted by molar-refractivity contribution is 7.18. The minimum Gasteiger partial charge on any atom is -0.435 e. The van der Waals surface area contributed by atoms with Gasteiger partial charge in [-0.2, -0.15) is 4.98 Å². The summed E-state index contributed by atoms with van der Waals surface area (Å²) in [6.07, 6.45) is 0.826. The third-order valence-corrected chi connectivity index (χ3v) is 4.17. The van der Waals surface area contributed by atoms with Crippen LogP contribution >= 0.6 is 22.9 Å². The Balaban J connectivity index is 2.11. The zero-order chi connectivity index (χ0) is 15.0. The van der Waals surface area contributed by atoms with Crippen molar-refractivity contribution < 1.29 is 13.5 Å². The molecule has 0 aliphatic carbocycles. The molecule has 3 rings (SSSR count). The number of nitrogens with zero attached hydrogens (tertiary/aromatic N) is 2. The number of thiophene rings is 1. The lowest BCUT2D eigenvalue weighted by molar-refractivity contribution is 0.426. The molecule has 0 saturated heterocycles. The van der Waals surface area contributed by atoms with Crippen molar-refractivity contribution in [3.63, 3.8) is 0 Å². The van der Waals surface area contributed by atoms with Crippen molar-refractivity contribution in [3.05, 3.63) is 46.1 Å². The Morgan fingerprint density at radius 3 is 2.81 bits per heavy atom. The fraction of sp³-hybridized carbons (Fsp3) is 0.143. The van der Waals surface area contributed by atoms with Crippen molar-refractivity contribution in [2.75, 3.05) is 0 Å². The van der Waals surface area contributed by atoms with E-state index >= 15 is 0 Å². The molecule has 0 aliphatic heterocycles. The van der Waals surface area contributed by atoms with Crippen molar-refractivity contribution in [1.82, 2.24) is 9.97 Å². The molecule has 0 amide bonds. The van der Waals surface area contributed by atoms with Gasteiger partial charge in [0.1, 0.15) is 10.6 Å². The average molecular weight is 327 g/mol. The Hall–Kier alpha value is -1.79. The molecule has 3 nitrogen and oxygen atoms in total. The van der Waals surface area contributed by atoms with Gasteiger partial charge in [-0.15, -0.1) is 11.3 Å². The van der Waals surface area contributed by atoms with Crippen LogP contribution in [0, 0.1) is 11.6 Å². The van der Waals surface area contributed by atoms with Gasteiger partial charge in [0.25, 0.3) is 0 Å². The maximum absolute atomic E-state index is 13.7. The van der Waals surface area contributed by atoms with E-state index in [1.165, 1.54) is 11.3 Å². The predicted molar refractivity (Wildman–Crippen MR) is 78.2 cm³/mol. The Labute approximate surface area is 128 Å². The van der Waals surface area contributed by atoms with Gasteiger partial charge in [0.05, 0.1) is 5.39 Å². The number of halogens is 3. The van der Waals surface area contributed by atoms with Crippen LogP contribution in [0.2, 0.25) is 5.28 Å². The van der Waals surface area contributed by atoms with Crippen LogP contribution in [0.4, 0.5) is 8.78 Å². The quantitative estimate of drug-likeness (QED) is 0.637. The van der Waals surface area contributed by atoms with Crippen molar-refractivity contribution >= 4 is 33.2 Å². The minimum absolute atomic E-state index is 0.00110. The van der Waals surface area contributed by atoms with Crippen LogP contribution in [0.5, 0.6) is 11.6 Å². The Morgan fingerprint density at radius 1 is 1.24 bits per heavy atom. The highest BCUT2D eigenvalue weighted by Gasteiger charge is 2.14. The smallest absolute Gasteiger partial charge is 0.232 e. The normalized spacial score (nSPS) is 11.0. The van der Waals surface area contributed by atoms with Crippen LogP contribution in [0.15, 0.2) is 24.3 Å². The van der Waals surface area contributed by atoms with Crippen LogP contribution in [0.1, 0.15) is 11.8 Å². The molecular weight excluding hydrogens is 318 g/mol. The minimum atomic E-state index is -0.676. The van der Waals surface area contributed by atoms with Crippen molar-refractivity contribution in [2.24, 2.45) is 0 Å². The Bertz CT molecular complexity index is 822. The largest absolute Gasteiger partial charge is 0.435 e. The summed E-state index contributed by atoms with van der Waals surface area (Å²) in [4.78, 5) is 9.80. The van der Waals surface area contributed by atoms with Gasteiger partial charge in [-0.25, -0.2) is 13.8 Å². The van der Waals surface area contributed by atoms with Gasteiger partial charge in [-0.3, -0.25) is 0 Å². The first kappa shape index (κ1) is 14.2. The van der Waals surface area contributed by atoms with Crippen LogP contribution < -0.4 is 4.74 Å². The van der Waals surface area contributed by atoms with E-state index in [1.807, 2.05) is 13.0 Å². The molecule has 0 spiro atoms. The molecule has 0 bridgehead atoms.